The van der Waals surface area contributed by atoms with Crippen LogP contribution in [-0.2, 0) is 4.79 Å². The maximum absolute atomic E-state index is 12.3. The Kier molecular flexibility index (Phi) is 5.64. The molecule has 27 heavy (non-hydrogen) atoms. The normalized spacial score (nSPS) is 11.3. The Balaban J connectivity index is 1.84. The number of aliphatic carboxylic acids is 1. The van der Waals surface area contributed by atoms with Crippen LogP contribution in [0.15, 0.2) is 70.8 Å². The Morgan fingerprint density at radius 1 is 1.00 bits per heavy atom. The average Bonchev–Trinajstić information content (AvgIpc) is 3.10. The first-order chi connectivity index (χ1) is 12.9. The standard InChI is InChI=1S/C20H13Cl2NO4/c21-13-6-8-15(16(22)10-13)19(24)23-17(20(25)26)11-14-7-9-18(27-14)12-4-2-1-3-5-12/h1-11H,(H,23,24)(H,25,26)/b17-11+. The fraction of sp³-hybridized carbons (Fsp3) is 0. The number of carboxylic acid groups (broad SMARTS) is 1. The summed E-state index contributed by atoms with van der Waals surface area (Å²) in [6.07, 6.45) is 1.23. The number of carboxylic acids is 1. The van der Waals surface area contributed by atoms with Crippen molar-refractivity contribution in [2.45, 2.75) is 0 Å². The maximum Gasteiger partial charge on any atom is 0.352 e. The van der Waals surface area contributed by atoms with Crippen molar-refractivity contribution in [1.82, 2.24) is 5.32 Å². The lowest BCUT2D eigenvalue weighted by Gasteiger charge is -2.07. The molecule has 0 aliphatic carbocycles. The second-order valence-corrected chi connectivity index (χ2v) is 6.35. The smallest absolute Gasteiger partial charge is 0.352 e. The van der Waals surface area contributed by atoms with Gasteiger partial charge in [0.1, 0.15) is 17.2 Å². The van der Waals surface area contributed by atoms with Crippen LogP contribution in [0.5, 0.6) is 0 Å². The second kappa shape index (κ2) is 8.12. The van der Waals surface area contributed by atoms with Gasteiger partial charge in [0, 0.05) is 16.7 Å². The van der Waals surface area contributed by atoms with Crippen LogP contribution in [0.4, 0.5) is 0 Å². The van der Waals surface area contributed by atoms with Crippen LogP contribution in [0.1, 0.15) is 16.1 Å². The largest absolute Gasteiger partial charge is 0.477 e. The van der Waals surface area contributed by atoms with E-state index in [9.17, 15) is 14.7 Å². The number of halogens is 2. The summed E-state index contributed by atoms with van der Waals surface area (Å²) in [6, 6.07) is 17.0. The minimum atomic E-state index is -1.31. The maximum atomic E-state index is 12.3. The molecule has 0 aliphatic rings. The topological polar surface area (TPSA) is 79.5 Å². The summed E-state index contributed by atoms with van der Waals surface area (Å²) >= 11 is 11.8. The number of hydrogen-bond acceptors (Lipinski definition) is 3. The Hall–Kier alpha value is -3.02. The number of carbonyl (C=O) groups excluding carboxylic acids is 1. The van der Waals surface area contributed by atoms with E-state index < -0.39 is 11.9 Å². The molecular formula is C20H13Cl2NO4. The van der Waals surface area contributed by atoms with Gasteiger partial charge >= 0.3 is 5.97 Å². The molecule has 7 heteroatoms. The van der Waals surface area contributed by atoms with Crippen molar-refractivity contribution in [3.63, 3.8) is 0 Å². The van der Waals surface area contributed by atoms with E-state index in [4.69, 9.17) is 27.6 Å². The summed E-state index contributed by atoms with van der Waals surface area (Å²) in [5.41, 5.74) is 0.614. The van der Waals surface area contributed by atoms with Gasteiger partial charge in [-0.2, -0.15) is 0 Å². The van der Waals surface area contributed by atoms with Crippen LogP contribution in [0.3, 0.4) is 0 Å². The molecule has 0 atom stereocenters. The molecule has 5 nitrogen and oxygen atoms in total. The first-order valence-corrected chi connectivity index (χ1v) is 8.56. The predicted molar refractivity (Wildman–Crippen MR) is 104 cm³/mol. The summed E-state index contributed by atoms with van der Waals surface area (Å²) in [7, 11) is 0. The molecule has 136 valence electrons. The molecule has 0 bridgehead atoms. The van der Waals surface area contributed by atoms with Gasteiger partial charge in [-0.25, -0.2) is 4.79 Å². The molecule has 0 aliphatic heterocycles. The molecule has 0 saturated heterocycles. The number of benzene rings is 2. The Labute approximate surface area is 164 Å². The van der Waals surface area contributed by atoms with E-state index in [2.05, 4.69) is 5.32 Å². The van der Waals surface area contributed by atoms with Gasteiger partial charge in [0.15, 0.2) is 0 Å². The van der Waals surface area contributed by atoms with Crippen LogP contribution < -0.4 is 5.32 Å². The van der Waals surface area contributed by atoms with Gasteiger partial charge < -0.3 is 14.8 Å². The Bertz CT molecular complexity index is 1030. The summed E-state index contributed by atoms with van der Waals surface area (Å²) in [5, 5.41) is 12.2. The zero-order valence-corrected chi connectivity index (χ0v) is 15.3. The highest BCUT2D eigenvalue weighted by molar-refractivity contribution is 6.36. The van der Waals surface area contributed by atoms with E-state index >= 15 is 0 Å². The SMILES string of the molecule is O=C(O)/C(=C\c1ccc(-c2ccccc2)o1)NC(=O)c1ccc(Cl)cc1Cl. The third kappa shape index (κ3) is 4.58. The van der Waals surface area contributed by atoms with E-state index in [1.165, 1.54) is 24.3 Å². The molecule has 0 radical (unpaired) electrons. The lowest BCUT2D eigenvalue weighted by atomic mass is 10.2. The Morgan fingerprint density at radius 3 is 2.41 bits per heavy atom. The lowest BCUT2D eigenvalue weighted by Crippen LogP contribution is -2.27. The molecular weight excluding hydrogens is 389 g/mol. The molecule has 0 saturated carbocycles. The van der Waals surface area contributed by atoms with Crippen LogP contribution in [0.2, 0.25) is 10.0 Å². The van der Waals surface area contributed by atoms with Crippen molar-refractivity contribution in [3.05, 3.63) is 87.7 Å². The number of furan rings is 1. The lowest BCUT2D eigenvalue weighted by molar-refractivity contribution is -0.132. The van der Waals surface area contributed by atoms with Crippen LogP contribution >= 0.6 is 23.2 Å². The monoisotopic (exact) mass is 401 g/mol. The minimum Gasteiger partial charge on any atom is -0.477 e. The van der Waals surface area contributed by atoms with Gasteiger partial charge in [-0.1, -0.05) is 53.5 Å². The molecule has 2 N–H and O–H groups in total. The van der Waals surface area contributed by atoms with E-state index in [1.807, 2.05) is 30.3 Å². The molecule has 3 rings (SSSR count). The van der Waals surface area contributed by atoms with E-state index in [1.54, 1.807) is 12.1 Å². The van der Waals surface area contributed by atoms with Crippen molar-refractivity contribution >= 4 is 41.2 Å². The number of rotatable bonds is 5. The van der Waals surface area contributed by atoms with Crippen molar-refractivity contribution < 1.29 is 19.1 Å². The molecule has 1 aromatic heterocycles. The third-order valence-corrected chi connectivity index (χ3v) is 4.17. The minimum absolute atomic E-state index is 0.109. The summed E-state index contributed by atoms with van der Waals surface area (Å²) in [6.45, 7) is 0. The quantitative estimate of drug-likeness (QED) is 0.582. The summed E-state index contributed by atoms with van der Waals surface area (Å²) in [5.74, 6) is -1.11. The molecule has 0 spiro atoms. The number of hydrogen-bond donors (Lipinski definition) is 2. The van der Waals surface area contributed by atoms with Crippen LogP contribution in [-0.4, -0.2) is 17.0 Å². The van der Waals surface area contributed by atoms with Gasteiger partial charge in [0.05, 0.1) is 10.6 Å². The van der Waals surface area contributed by atoms with Gasteiger partial charge in [-0.05, 0) is 30.3 Å². The second-order valence-electron chi connectivity index (χ2n) is 5.51. The van der Waals surface area contributed by atoms with Crippen molar-refractivity contribution in [2.24, 2.45) is 0 Å². The summed E-state index contributed by atoms with van der Waals surface area (Å²) < 4.78 is 5.64. The van der Waals surface area contributed by atoms with Gasteiger partial charge in [-0.3, -0.25) is 4.79 Å². The van der Waals surface area contributed by atoms with Gasteiger partial charge in [-0.15, -0.1) is 0 Å². The highest BCUT2D eigenvalue weighted by atomic mass is 35.5. The number of carbonyl (C=O) groups is 2. The fourth-order valence-electron chi connectivity index (χ4n) is 2.34. The highest BCUT2D eigenvalue weighted by Crippen LogP contribution is 2.24. The predicted octanol–water partition coefficient (Wildman–Crippen LogP) is 5.11. The molecule has 2 aromatic carbocycles. The van der Waals surface area contributed by atoms with E-state index in [-0.39, 0.29) is 22.0 Å². The summed E-state index contributed by atoms with van der Waals surface area (Å²) in [4.78, 5) is 23.8. The van der Waals surface area contributed by atoms with Gasteiger partial charge in [0.2, 0.25) is 0 Å². The third-order valence-electron chi connectivity index (χ3n) is 3.63. The highest BCUT2D eigenvalue weighted by Gasteiger charge is 2.17. The average molecular weight is 402 g/mol. The van der Waals surface area contributed by atoms with Crippen LogP contribution in [0.25, 0.3) is 17.4 Å². The zero-order valence-electron chi connectivity index (χ0n) is 13.8. The number of nitrogens with one attached hydrogen (secondary N) is 1. The van der Waals surface area contributed by atoms with Crippen molar-refractivity contribution in [1.29, 1.82) is 0 Å². The van der Waals surface area contributed by atoms with Crippen molar-refractivity contribution in [2.75, 3.05) is 0 Å². The molecule has 0 fully saturated rings. The molecule has 0 unspecified atom stereocenters. The first-order valence-electron chi connectivity index (χ1n) is 7.80. The van der Waals surface area contributed by atoms with E-state index in [0.29, 0.717) is 10.8 Å². The van der Waals surface area contributed by atoms with Crippen molar-refractivity contribution in [3.8, 4) is 11.3 Å². The van der Waals surface area contributed by atoms with Gasteiger partial charge in [0.25, 0.3) is 5.91 Å². The zero-order chi connectivity index (χ0) is 19.4. The Morgan fingerprint density at radius 2 is 1.74 bits per heavy atom. The molecule has 3 aromatic rings. The molecule has 1 heterocycles. The van der Waals surface area contributed by atoms with E-state index in [0.717, 1.165) is 5.56 Å². The number of amides is 1. The van der Waals surface area contributed by atoms with Crippen LogP contribution in [0, 0.1) is 0 Å². The molecule has 1 amide bonds. The first kappa shape index (κ1) is 18.8. The fourth-order valence-corrected chi connectivity index (χ4v) is 2.84.